The summed E-state index contributed by atoms with van der Waals surface area (Å²) in [4.78, 5) is 6.76. The first-order chi connectivity index (χ1) is 9.81. The molecule has 3 heterocycles. The van der Waals surface area contributed by atoms with Gasteiger partial charge in [-0.15, -0.1) is 5.10 Å². The number of H-pyrrole nitrogens is 1. The number of hydrogen-bond acceptors (Lipinski definition) is 5. The normalized spacial score (nSPS) is 24.8. The summed E-state index contributed by atoms with van der Waals surface area (Å²) in [5.74, 6) is 2.70. The molecule has 2 aliphatic rings. The van der Waals surface area contributed by atoms with Crippen molar-refractivity contribution >= 4 is 5.95 Å². The van der Waals surface area contributed by atoms with Crippen LogP contribution < -0.4 is 15.4 Å². The van der Waals surface area contributed by atoms with Crippen LogP contribution in [0.15, 0.2) is 24.3 Å². The van der Waals surface area contributed by atoms with Crippen molar-refractivity contribution in [3.05, 3.63) is 35.7 Å². The Morgan fingerprint density at radius 3 is 3.10 bits per heavy atom. The largest absolute Gasteiger partial charge is 0.492 e. The molecule has 4 rings (SSSR count). The van der Waals surface area contributed by atoms with Gasteiger partial charge in [-0.2, -0.15) is 4.98 Å². The third-order valence-electron chi connectivity index (χ3n) is 4.03. The van der Waals surface area contributed by atoms with Crippen LogP contribution >= 0.6 is 0 Å². The smallest absolute Gasteiger partial charge is 0.244 e. The van der Waals surface area contributed by atoms with Gasteiger partial charge in [0.1, 0.15) is 18.2 Å². The van der Waals surface area contributed by atoms with E-state index in [1.54, 1.807) is 0 Å². The van der Waals surface area contributed by atoms with Crippen molar-refractivity contribution in [3.63, 3.8) is 0 Å². The highest BCUT2D eigenvalue weighted by Gasteiger charge is 2.29. The molecule has 2 unspecified atom stereocenters. The van der Waals surface area contributed by atoms with Crippen LogP contribution in [0.2, 0.25) is 0 Å². The lowest BCUT2D eigenvalue weighted by Gasteiger charge is -2.12. The molecular formula is C14H17N5O. The van der Waals surface area contributed by atoms with Crippen molar-refractivity contribution in [2.45, 2.75) is 18.4 Å². The second kappa shape index (κ2) is 4.49. The third kappa shape index (κ3) is 1.84. The number of aromatic amines is 1. The van der Waals surface area contributed by atoms with Gasteiger partial charge < -0.3 is 15.4 Å². The number of nitrogens with one attached hydrogen (secondary N) is 1. The molecule has 6 nitrogen and oxygen atoms in total. The minimum Gasteiger partial charge on any atom is -0.492 e. The first kappa shape index (κ1) is 11.7. The van der Waals surface area contributed by atoms with Gasteiger partial charge >= 0.3 is 0 Å². The van der Waals surface area contributed by atoms with Gasteiger partial charge in [0.05, 0.1) is 5.92 Å². The fraction of sp³-hybridized carbons (Fsp3) is 0.429. The van der Waals surface area contributed by atoms with Crippen molar-refractivity contribution in [1.82, 2.24) is 15.2 Å². The highest BCUT2D eigenvalue weighted by atomic mass is 16.5. The van der Waals surface area contributed by atoms with Crippen LogP contribution in [-0.4, -0.2) is 40.9 Å². The summed E-state index contributed by atoms with van der Waals surface area (Å²) >= 11 is 0. The number of nitrogens with zero attached hydrogens (tertiary/aromatic N) is 3. The molecule has 1 aromatic heterocycles. The molecule has 2 aliphatic heterocycles. The van der Waals surface area contributed by atoms with Gasteiger partial charge in [0.2, 0.25) is 5.95 Å². The van der Waals surface area contributed by atoms with Crippen LogP contribution in [0.3, 0.4) is 0 Å². The number of rotatable bonds is 2. The summed E-state index contributed by atoms with van der Waals surface area (Å²) in [5.41, 5.74) is 7.10. The van der Waals surface area contributed by atoms with Crippen LogP contribution in [0.5, 0.6) is 5.75 Å². The second-order valence-electron chi connectivity index (χ2n) is 5.42. The number of anilines is 1. The minimum absolute atomic E-state index is 0.142. The molecule has 1 aromatic carbocycles. The van der Waals surface area contributed by atoms with Crippen LogP contribution in [0.25, 0.3) is 0 Å². The monoisotopic (exact) mass is 271 g/mol. The van der Waals surface area contributed by atoms with Gasteiger partial charge in [0, 0.05) is 24.7 Å². The van der Waals surface area contributed by atoms with Crippen molar-refractivity contribution in [2.75, 3.05) is 24.6 Å². The fourth-order valence-electron chi connectivity index (χ4n) is 2.92. The number of para-hydroxylation sites is 1. The molecule has 20 heavy (non-hydrogen) atoms. The molecule has 1 saturated heterocycles. The molecule has 104 valence electrons. The molecule has 0 bridgehead atoms. The van der Waals surface area contributed by atoms with E-state index in [1.165, 1.54) is 5.56 Å². The zero-order valence-corrected chi connectivity index (χ0v) is 11.1. The van der Waals surface area contributed by atoms with Crippen molar-refractivity contribution in [2.24, 2.45) is 5.73 Å². The summed E-state index contributed by atoms with van der Waals surface area (Å²) in [6.45, 7) is 2.37. The maximum Gasteiger partial charge on any atom is 0.244 e. The third-order valence-corrected chi connectivity index (χ3v) is 4.03. The van der Waals surface area contributed by atoms with Crippen molar-refractivity contribution < 1.29 is 4.74 Å². The van der Waals surface area contributed by atoms with Crippen LogP contribution in [-0.2, 0) is 0 Å². The average molecular weight is 271 g/mol. The van der Waals surface area contributed by atoms with E-state index >= 15 is 0 Å². The number of fused-ring (bicyclic) bond motifs is 1. The minimum atomic E-state index is 0.142. The van der Waals surface area contributed by atoms with E-state index in [9.17, 15) is 0 Å². The Labute approximate surface area is 116 Å². The Morgan fingerprint density at radius 2 is 2.25 bits per heavy atom. The van der Waals surface area contributed by atoms with Crippen LogP contribution in [0.4, 0.5) is 5.95 Å². The van der Waals surface area contributed by atoms with Gasteiger partial charge in [-0.25, -0.2) is 0 Å². The predicted octanol–water partition coefficient (Wildman–Crippen LogP) is 0.866. The highest BCUT2D eigenvalue weighted by Crippen LogP contribution is 2.36. The Balaban J connectivity index is 1.60. The van der Waals surface area contributed by atoms with Crippen LogP contribution in [0, 0.1) is 0 Å². The first-order valence-electron chi connectivity index (χ1n) is 6.96. The number of aromatic nitrogens is 3. The Hall–Kier alpha value is -2.08. The molecule has 0 amide bonds. The lowest BCUT2D eigenvalue weighted by molar-refractivity contribution is 0.340. The summed E-state index contributed by atoms with van der Waals surface area (Å²) in [7, 11) is 0. The topological polar surface area (TPSA) is 80.1 Å². The highest BCUT2D eigenvalue weighted by molar-refractivity contribution is 5.43. The van der Waals surface area contributed by atoms with Gasteiger partial charge in [0.15, 0.2) is 0 Å². The number of hydrogen-bond donors (Lipinski definition) is 2. The molecule has 0 radical (unpaired) electrons. The Morgan fingerprint density at radius 1 is 1.35 bits per heavy atom. The quantitative estimate of drug-likeness (QED) is 0.847. The first-order valence-corrected chi connectivity index (χ1v) is 6.96. The van der Waals surface area contributed by atoms with E-state index in [2.05, 4.69) is 26.1 Å². The molecule has 6 heteroatoms. The molecular weight excluding hydrogens is 254 g/mol. The van der Waals surface area contributed by atoms with Gasteiger partial charge in [-0.05, 0) is 12.5 Å². The summed E-state index contributed by atoms with van der Waals surface area (Å²) < 4.78 is 5.70. The molecule has 0 aliphatic carbocycles. The molecule has 0 spiro atoms. The van der Waals surface area contributed by atoms with E-state index < -0.39 is 0 Å². The zero-order valence-electron chi connectivity index (χ0n) is 11.1. The standard InChI is InChI=1S/C14H17N5O/c15-9-5-6-19(7-9)14-16-13(17-18-14)11-8-20-12-4-2-1-3-10(11)12/h1-4,9,11H,5-8,15H2,(H,16,17,18). The predicted molar refractivity (Wildman–Crippen MR) is 75.0 cm³/mol. The van der Waals surface area contributed by atoms with E-state index in [1.807, 2.05) is 18.2 Å². The molecule has 2 atom stereocenters. The van der Waals surface area contributed by atoms with Gasteiger partial charge in [-0.1, -0.05) is 18.2 Å². The maximum absolute atomic E-state index is 5.93. The average Bonchev–Trinajstić information content (AvgIpc) is 3.15. The lowest BCUT2D eigenvalue weighted by atomic mass is 10.0. The number of ether oxygens (including phenoxy) is 1. The van der Waals surface area contributed by atoms with Crippen molar-refractivity contribution in [3.8, 4) is 5.75 Å². The molecule has 0 saturated carbocycles. The van der Waals surface area contributed by atoms with E-state index in [0.717, 1.165) is 37.0 Å². The Bertz CT molecular complexity index is 626. The maximum atomic E-state index is 5.93. The summed E-state index contributed by atoms with van der Waals surface area (Å²) in [6.07, 6.45) is 0.999. The van der Waals surface area contributed by atoms with Gasteiger partial charge in [-0.3, -0.25) is 5.10 Å². The van der Waals surface area contributed by atoms with Crippen LogP contribution in [0.1, 0.15) is 23.7 Å². The van der Waals surface area contributed by atoms with E-state index in [4.69, 9.17) is 10.5 Å². The van der Waals surface area contributed by atoms with E-state index in [0.29, 0.717) is 6.61 Å². The molecule has 2 aromatic rings. The van der Waals surface area contributed by atoms with E-state index in [-0.39, 0.29) is 12.0 Å². The number of nitrogens with two attached hydrogens (primary N) is 1. The lowest BCUT2D eigenvalue weighted by Crippen LogP contribution is -2.27. The second-order valence-corrected chi connectivity index (χ2v) is 5.42. The molecule has 3 N–H and O–H groups in total. The Kier molecular flexibility index (Phi) is 2.63. The zero-order chi connectivity index (χ0) is 13.5. The number of benzene rings is 1. The molecule has 1 fully saturated rings. The summed E-state index contributed by atoms with van der Waals surface area (Å²) in [5, 5.41) is 7.39. The SMILES string of the molecule is NC1CCN(c2n[nH]c(C3COc4ccccc43)n2)C1. The van der Waals surface area contributed by atoms with Gasteiger partial charge in [0.25, 0.3) is 0 Å². The van der Waals surface area contributed by atoms with Crippen molar-refractivity contribution in [1.29, 1.82) is 0 Å². The fourth-order valence-corrected chi connectivity index (χ4v) is 2.92. The summed E-state index contributed by atoms with van der Waals surface area (Å²) in [6, 6.07) is 8.32.